The molecule has 0 amide bonds. The number of unbranched alkanes of at least 4 members (excludes halogenated alkanes) is 1. The van der Waals surface area contributed by atoms with Gasteiger partial charge in [0.15, 0.2) is 5.84 Å². The second-order valence-corrected chi connectivity index (χ2v) is 4.46. The number of nitrogens with two attached hydrogens (primary N) is 1. The minimum Gasteiger partial charge on any atom is -0.476 e. The monoisotopic (exact) mass is 266 g/mol. The normalized spacial score (nSPS) is 13.3. The van der Waals surface area contributed by atoms with Crippen LogP contribution in [-0.2, 0) is 0 Å². The summed E-state index contributed by atoms with van der Waals surface area (Å²) >= 11 is 0. The largest absolute Gasteiger partial charge is 0.476 e. The van der Waals surface area contributed by atoms with Gasteiger partial charge in [-0.1, -0.05) is 38.3 Å². The number of oxime groups is 1. The van der Waals surface area contributed by atoms with Gasteiger partial charge in [0.25, 0.3) is 0 Å². The lowest BCUT2D eigenvalue weighted by Crippen LogP contribution is -2.18. The molecule has 0 aliphatic heterocycles. The van der Waals surface area contributed by atoms with E-state index < -0.39 is 0 Å². The Morgan fingerprint density at radius 1 is 1.53 bits per heavy atom. The van der Waals surface area contributed by atoms with Gasteiger partial charge in [0.2, 0.25) is 5.88 Å². The number of nitrogens with zero attached hydrogens (tertiary/aromatic N) is 3. The van der Waals surface area contributed by atoms with Gasteiger partial charge in [0.1, 0.15) is 0 Å². The molecule has 1 atom stereocenters. The van der Waals surface area contributed by atoms with Crippen molar-refractivity contribution in [1.29, 1.82) is 0 Å². The molecule has 0 spiro atoms. The van der Waals surface area contributed by atoms with Crippen LogP contribution < -0.4 is 10.5 Å². The lowest BCUT2D eigenvalue weighted by molar-refractivity contribution is 0.223. The fraction of sp³-hybridized carbons (Fsp3) is 0.615. The Labute approximate surface area is 113 Å². The zero-order valence-electron chi connectivity index (χ0n) is 11.5. The summed E-state index contributed by atoms with van der Waals surface area (Å²) < 4.78 is 5.66. The molecule has 1 rings (SSSR count). The molecule has 19 heavy (non-hydrogen) atoms. The molecule has 6 nitrogen and oxygen atoms in total. The highest BCUT2D eigenvalue weighted by Gasteiger charge is 2.13. The molecule has 3 N–H and O–H groups in total. The summed E-state index contributed by atoms with van der Waals surface area (Å²) in [6.45, 7) is 4.89. The first kappa shape index (κ1) is 15.2. The van der Waals surface area contributed by atoms with E-state index in [2.05, 4.69) is 29.2 Å². The van der Waals surface area contributed by atoms with Gasteiger partial charge in [0, 0.05) is 0 Å². The number of amidine groups is 1. The van der Waals surface area contributed by atoms with Gasteiger partial charge in [-0.05, 0) is 18.4 Å². The maximum Gasteiger partial charge on any atom is 0.244 e. The van der Waals surface area contributed by atoms with Crippen LogP contribution >= 0.6 is 0 Å². The van der Waals surface area contributed by atoms with Crippen molar-refractivity contribution in [2.75, 3.05) is 6.61 Å². The van der Waals surface area contributed by atoms with E-state index in [0.717, 1.165) is 12.8 Å². The molecule has 1 aromatic rings. The van der Waals surface area contributed by atoms with Crippen LogP contribution in [0.25, 0.3) is 0 Å². The van der Waals surface area contributed by atoms with E-state index in [1.165, 1.54) is 19.0 Å². The van der Waals surface area contributed by atoms with Crippen LogP contribution in [-0.4, -0.2) is 27.8 Å². The summed E-state index contributed by atoms with van der Waals surface area (Å²) in [7, 11) is 0. The zero-order chi connectivity index (χ0) is 14.1. The van der Waals surface area contributed by atoms with Gasteiger partial charge >= 0.3 is 0 Å². The highest BCUT2D eigenvalue weighted by Crippen LogP contribution is 2.17. The Kier molecular flexibility index (Phi) is 6.63. The Balaban J connectivity index is 2.66. The zero-order valence-corrected chi connectivity index (χ0v) is 11.5. The fourth-order valence-corrected chi connectivity index (χ4v) is 1.77. The average Bonchev–Trinajstić information content (AvgIpc) is 2.47. The molecular formula is C13H22N4O2. The maximum absolute atomic E-state index is 8.71. The summed E-state index contributed by atoms with van der Waals surface area (Å²) in [5, 5.41) is 19.3. The SMILES string of the molecule is CCCCC(CC)COc1nnccc1/C(N)=N/O. The molecule has 0 saturated carbocycles. The predicted octanol–water partition coefficient (Wildman–Crippen LogP) is 2.17. The molecule has 0 saturated heterocycles. The first-order chi connectivity index (χ1) is 9.22. The van der Waals surface area contributed by atoms with Gasteiger partial charge in [-0.25, -0.2) is 0 Å². The van der Waals surface area contributed by atoms with Gasteiger partial charge in [0.05, 0.1) is 18.4 Å². The van der Waals surface area contributed by atoms with E-state index in [-0.39, 0.29) is 5.84 Å². The number of rotatable bonds is 8. The summed E-state index contributed by atoms with van der Waals surface area (Å²) in [6.07, 6.45) is 6.03. The van der Waals surface area contributed by atoms with Crippen molar-refractivity contribution in [3.05, 3.63) is 17.8 Å². The molecule has 0 aliphatic carbocycles. The summed E-state index contributed by atoms with van der Waals surface area (Å²) in [5.41, 5.74) is 6.03. The minimum absolute atomic E-state index is 0.0218. The standard InChI is InChI=1S/C13H22N4O2/c1-3-5-6-10(4-2)9-19-13-11(12(14)17-18)7-8-15-16-13/h7-8,10,18H,3-6,9H2,1-2H3,(H2,14,17). The first-order valence-electron chi connectivity index (χ1n) is 6.65. The first-order valence-corrected chi connectivity index (χ1v) is 6.65. The Hall–Kier alpha value is -1.85. The van der Waals surface area contributed by atoms with Crippen molar-refractivity contribution in [2.45, 2.75) is 39.5 Å². The smallest absolute Gasteiger partial charge is 0.244 e. The molecule has 6 heteroatoms. The second kappa shape index (κ2) is 8.29. The van der Waals surface area contributed by atoms with Crippen LogP contribution in [0.3, 0.4) is 0 Å². The van der Waals surface area contributed by atoms with Crippen molar-refractivity contribution in [2.24, 2.45) is 16.8 Å². The summed E-state index contributed by atoms with van der Waals surface area (Å²) in [4.78, 5) is 0. The number of hydrogen-bond donors (Lipinski definition) is 2. The lowest BCUT2D eigenvalue weighted by Gasteiger charge is -2.15. The quantitative estimate of drug-likeness (QED) is 0.325. The molecule has 0 radical (unpaired) electrons. The van der Waals surface area contributed by atoms with Crippen LogP contribution in [0, 0.1) is 5.92 Å². The van der Waals surface area contributed by atoms with E-state index >= 15 is 0 Å². The third-order valence-electron chi connectivity index (χ3n) is 3.07. The molecule has 0 bridgehead atoms. The molecule has 0 aromatic carbocycles. The van der Waals surface area contributed by atoms with Crippen LogP contribution in [0.15, 0.2) is 17.4 Å². The second-order valence-electron chi connectivity index (χ2n) is 4.46. The predicted molar refractivity (Wildman–Crippen MR) is 73.3 cm³/mol. The Morgan fingerprint density at radius 3 is 2.95 bits per heavy atom. The van der Waals surface area contributed by atoms with Crippen LogP contribution in [0.4, 0.5) is 0 Å². The van der Waals surface area contributed by atoms with Crippen molar-refractivity contribution >= 4 is 5.84 Å². The van der Waals surface area contributed by atoms with Crippen molar-refractivity contribution in [1.82, 2.24) is 10.2 Å². The molecule has 1 aromatic heterocycles. The van der Waals surface area contributed by atoms with Crippen LogP contribution in [0.2, 0.25) is 0 Å². The maximum atomic E-state index is 8.71. The van der Waals surface area contributed by atoms with Crippen molar-refractivity contribution in [3.8, 4) is 5.88 Å². The Morgan fingerprint density at radius 2 is 2.32 bits per heavy atom. The molecule has 1 unspecified atom stereocenters. The van der Waals surface area contributed by atoms with Crippen LogP contribution in [0.5, 0.6) is 5.88 Å². The average molecular weight is 266 g/mol. The molecular weight excluding hydrogens is 244 g/mol. The Bertz CT molecular complexity index is 409. The topological polar surface area (TPSA) is 93.6 Å². The number of ether oxygens (including phenoxy) is 1. The summed E-state index contributed by atoms with van der Waals surface area (Å²) in [5.74, 6) is 0.779. The van der Waals surface area contributed by atoms with E-state index in [9.17, 15) is 0 Å². The highest BCUT2D eigenvalue weighted by molar-refractivity contribution is 5.98. The third kappa shape index (κ3) is 4.73. The van der Waals surface area contributed by atoms with E-state index in [0.29, 0.717) is 24.0 Å². The van der Waals surface area contributed by atoms with Crippen molar-refractivity contribution < 1.29 is 9.94 Å². The highest BCUT2D eigenvalue weighted by atomic mass is 16.5. The van der Waals surface area contributed by atoms with Gasteiger partial charge in [-0.15, -0.1) is 5.10 Å². The molecule has 0 aliphatic rings. The van der Waals surface area contributed by atoms with Gasteiger partial charge < -0.3 is 15.7 Å². The molecule has 1 heterocycles. The summed E-state index contributed by atoms with van der Waals surface area (Å²) in [6, 6.07) is 1.62. The lowest BCUT2D eigenvalue weighted by atomic mass is 10.0. The minimum atomic E-state index is -0.0218. The van der Waals surface area contributed by atoms with Gasteiger partial charge in [-0.2, -0.15) is 5.10 Å². The number of aromatic nitrogens is 2. The van der Waals surface area contributed by atoms with Crippen molar-refractivity contribution in [3.63, 3.8) is 0 Å². The van der Waals surface area contributed by atoms with E-state index in [4.69, 9.17) is 15.7 Å². The number of hydrogen-bond acceptors (Lipinski definition) is 5. The van der Waals surface area contributed by atoms with E-state index in [1.807, 2.05) is 0 Å². The fourth-order valence-electron chi connectivity index (χ4n) is 1.77. The van der Waals surface area contributed by atoms with Gasteiger partial charge in [-0.3, -0.25) is 0 Å². The van der Waals surface area contributed by atoms with E-state index in [1.54, 1.807) is 6.07 Å². The molecule has 106 valence electrons. The van der Waals surface area contributed by atoms with Crippen LogP contribution in [0.1, 0.15) is 45.1 Å². The molecule has 0 fully saturated rings. The third-order valence-corrected chi connectivity index (χ3v) is 3.07.